The van der Waals surface area contributed by atoms with Gasteiger partial charge in [-0.2, -0.15) is 0 Å². The predicted octanol–water partition coefficient (Wildman–Crippen LogP) is 3.73. The molecule has 2 saturated carbocycles. The molecule has 6 nitrogen and oxygen atoms in total. The van der Waals surface area contributed by atoms with Crippen LogP contribution >= 0.6 is 7.82 Å². The van der Waals surface area contributed by atoms with Crippen LogP contribution in [0, 0.1) is 17.3 Å². The van der Waals surface area contributed by atoms with E-state index in [0.29, 0.717) is 29.9 Å². The summed E-state index contributed by atoms with van der Waals surface area (Å²) in [7, 11) is -2.90. The largest absolute Gasteiger partial charge is 0.504 e. The van der Waals surface area contributed by atoms with Crippen molar-refractivity contribution in [3.05, 3.63) is 23.3 Å². The van der Waals surface area contributed by atoms with Crippen molar-refractivity contribution in [3.8, 4) is 11.5 Å². The van der Waals surface area contributed by atoms with Gasteiger partial charge in [0.15, 0.2) is 11.5 Å². The van der Waals surface area contributed by atoms with Crippen LogP contribution in [-0.2, 0) is 15.5 Å². The van der Waals surface area contributed by atoms with Crippen LogP contribution in [0.5, 0.6) is 11.5 Å². The third-order valence-electron chi connectivity index (χ3n) is 7.20. The fourth-order valence-corrected chi connectivity index (χ4v) is 6.72. The summed E-state index contributed by atoms with van der Waals surface area (Å²) in [5.41, 5.74) is 2.30. The molecule has 0 amide bonds. The number of hydrogen-bond acceptors (Lipinski definition) is 4. The lowest BCUT2D eigenvalue weighted by molar-refractivity contribution is -0.0218. The fourth-order valence-electron chi connectivity index (χ4n) is 6.04. The Morgan fingerprint density at radius 2 is 1.96 bits per heavy atom. The minimum atomic E-state index is -4.47. The van der Waals surface area contributed by atoms with Gasteiger partial charge in [0.2, 0.25) is 0 Å². The number of aryl methyl sites for hydroxylation is 1. The Morgan fingerprint density at radius 3 is 2.65 bits per heavy atom. The van der Waals surface area contributed by atoms with E-state index in [1.54, 1.807) is 7.11 Å². The molecular formula is C19H27O6P. The fraction of sp³-hybridized carbons (Fsp3) is 0.684. The molecule has 4 rings (SSSR count). The lowest BCUT2D eigenvalue weighted by Gasteiger charge is -2.50. The van der Waals surface area contributed by atoms with Crippen molar-refractivity contribution in [3.63, 3.8) is 0 Å². The van der Waals surface area contributed by atoms with Gasteiger partial charge in [0.05, 0.1) is 13.2 Å². The Balaban J connectivity index is 1.64. The predicted molar refractivity (Wildman–Crippen MR) is 96.2 cm³/mol. The number of rotatable bonds is 3. The Labute approximate surface area is 153 Å². The molecule has 26 heavy (non-hydrogen) atoms. The maximum atomic E-state index is 11.4. The molecule has 0 bridgehead atoms. The van der Waals surface area contributed by atoms with Gasteiger partial charge in [0, 0.05) is 0 Å². The van der Waals surface area contributed by atoms with Crippen molar-refractivity contribution in [1.29, 1.82) is 0 Å². The molecule has 3 N–H and O–H groups in total. The van der Waals surface area contributed by atoms with Gasteiger partial charge in [0.1, 0.15) is 0 Å². The molecule has 0 aromatic heterocycles. The van der Waals surface area contributed by atoms with Gasteiger partial charge >= 0.3 is 7.82 Å². The molecular weight excluding hydrogens is 355 g/mol. The smallest absolute Gasteiger partial charge is 0.469 e. The third kappa shape index (κ3) is 2.88. The third-order valence-corrected chi connectivity index (χ3v) is 7.73. The zero-order chi connectivity index (χ0) is 18.7. The second-order valence-corrected chi connectivity index (χ2v) is 9.54. The number of fused-ring (bicyclic) bond motifs is 5. The van der Waals surface area contributed by atoms with Crippen molar-refractivity contribution in [2.75, 3.05) is 7.11 Å². The van der Waals surface area contributed by atoms with Crippen molar-refractivity contribution in [1.82, 2.24) is 0 Å². The highest BCUT2D eigenvalue weighted by atomic mass is 31.2. The molecule has 1 aromatic carbocycles. The Kier molecular flexibility index (Phi) is 4.39. The van der Waals surface area contributed by atoms with E-state index in [1.807, 2.05) is 12.1 Å². The monoisotopic (exact) mass is 382 g/mol. The Morgan fingerprint density at radius 1 is 1.19 bits per heavy atom. The van der Waals surface area contributed by atoms with E-state index in [0.717, 1.165) is 32.1 Å². The van der Waals surface area contributed by atoms with Gasteiger partial charge in [0.25, 0.3) is 0 Å². The van der Waals surface area contributed by atoms with Gasteiger partial charge in [-0.25, -0.2) is 4.57 Å². The topological polar surface area (TPSA) is 96.2 Å². The van der Waals surface area contributed by atoms with Crippen molar-refractivity contribution in [2.24, 2.45) is 17.3 Å². The first-order chi connectivity index (χ1) is 12.2. The van der Waals surface area contributed by atoms with E-state index < -0.39 is 7.82 Å². The highest BCUT2D eigenvalue weighted by molar-refractivity contribution is 7.46. The second kappa shape index (κ2) is 6.23. The van der Waals surface area contributed by atoms with Crippen molar-refractivity contribution in [2.45, 2.75) is 57.5 Å². The lowest BCUT2D eigenvalue weighted by Crippen LogP contribution is -2.44. The number of phenolic OH excluding ortho intramolecular Hbond substituents is 1. The summed E-state index contributed by atoms with van der Waals surface area (Å²) in [6.07, 6.45) is 5.13. The van der Waals surface area contributed by atoms with Crippen LogP contribution in [0.4, 0.5) is 0 Å². The summed E-state index contributed by atoms with van der Waals surface area (Å²) in [6, 6.07) is 3.83. The van der Waals surface area contributed by atoms with E-state index in [4.69, 9.17) is 9.26 Å². The molecule has 1 aromatic rings. The van der Waals surface area contributed by atoms with Gasteiger partial charge < -0.3 is 19.6 Å². The standard InChI is InChI=1S/C19H27O6P/c1-19-8-7-12-13(15(19)5-6-18(19)25-26(21,22)23)4-3-11-9-16(20)17(24-2)10-14(11)12/h9-10,12-13,15,18,20H,3-8H2,1-2H3,(H2,21,22,23)/t12?,13?,15?,18-,19-/m0/s1. The Bertz CT molecular complexity index is 759. The van der Waals surface area contributed by atoms with E-state index in [2.05, 4.69) is 6.92 Å². The van der Waals surface area contributed by atoms with Gasteiger partial charge in [-0.05, 0) is 85.0 Å². The number of benzene rings is 1. The van der Waals surface area contributed by atoms with E-state index in [-0.39, 0.29) is 17.3 Å². The zero-order valence-corrected chi connectivity index (χ0v) is 16.1. The van der Waals surface area contributed by atoms with E-state index >= 15 is 0 Å². The quantitative estimate of drug-likeness (QED) is 0.690. The number of phosphoric acid groups is 1. The highest BCUT2D eigenvalue weighted by Crippen LogP contribution is 2.63. The molecule has 0 aliphatic heterocycles. The minimum absolute atomic E-state index is 0.180. The summed E-state index contributed by atoms with van der Waals surface area (Å²) in [5, 5.41) is 10.1. The van der Waals surface area contributed by atoms with E-state index in [1.165, 1.54) is 11.1 Å². The van der Waals surface area contributed by atoms with Crippen LogP contribution in [0.1, 0.15) is 56.1 Å². The average Bonchev–Trinajstić information content (AvgIpc) is 2.89. The molecule has 0 spiro atoms. The van der Waals surface area contributed by atoms with Crippen LogP contribution < -0.4 is 4.74 Å². The maximum absolute atomic E-state index is 11.4. The number of hydrogen-bond donors (Lipinski definition) is 3. The first kappa shape index (κ1) is 18.3. The number of methoxy groups -OCH3 is 1. The molecule has 3 aliphatic rings. The van der Waals surface area contributed by atoms with Crippen LogP contribution in [0.15, 0.2) is 12.1 Å². The zero-order valence-electron chi connectivity index (χ0n) is 15.2. The highest BCUT2D eigenvalue weighted by Gasteiger charge is 2.56. The first-order valence-electron chi connectivity index (χ1n) is 9.36. The number of ether oxygens (including phenoxy) is 1. The number of phosphoric ester groups is 1. The molecule has 0 heterocycles. The number of phenols is 1. The van der Waals surface area contributed by atoms with Crippen molar-refractivity contribution >= 4 is 7.82 Å². The maximum Gasteiger partial charge on any atom is 0.469 e. The minimum Gasteiger partial charge on any atom is -0.504 e. The van der Waals surface area contributed by atoms with Crippen LogP contribution in [0.3, 0.4) is 0 Å². The summed E-state index contributed by atoms with van der Waals surface area (Å²) >= 11 is 0. The summed E-state index contributed by atoms with van der Waals surface area (Å²) in [4.78, 5) is 18.6. The number of aromatic hydroxyl groups is 1. The summed E-state index contributed by atoms with van der Waals surface area (Å²) in [6.45, 7) is 2.15. The summed E-state index contributed by atoms with van der Waals surface area (Å²) < 4.78 is 21.9. The van der Waals surface area contributed by atoms with Crippen LogP contribution in [0.2, 0.25) is 0 Å². The van der Waals surface area contributed by atoms with Crippen LogP contribution in [0.25, 0.3) is 0 Å². The molecule has 5 atom stereocenters. The summed E-state index contributed by atoms with van der Waals surface area (Å²) in [5.74, 6) is 2.03. The van der Waals surface area contributed by atoms with Crippen molar-refractivity contribution < 1.29 is 28.7 Å². The van der Waals surface area contributed by atoms with Gasteiger partial charge in [-0.15, -0.1) is 0 Å². The molecule has 2 fully saturated rings. The van der Waals surface area contributed by atoms with Crippen LogP contribution in [-0.4, -0.2) is 28.1 Å². The molecule has 3 aliphatic carbocycles. The van der Waals surface area contributed by atoms with E-state index in [9.17, 15) is 19.5 Å². The SMILES string of the molecule is COc1cc2c(cc1O)CCC1C2CC[C@@]2(C)C1CC[C@@H]2OP(=O)(O)O. The van der Waals surface area contributed by atoms with Gasteiger partial charge in [-0.3, -0.25) is 4.52 Å². The molecule has 0 saturated heterocycles. The molecule has 0 radical (unpaired) electrons. The second-order valence-electron chi connectivity index (χ2n) is 8.34. The average molecular weight is 382 g/mol. The van der Waals surface area contributed by atoms with Gasteiger partial charge in [-0.1, -0.05) is 6.92 Å². The molecule has 144 valence electrons. The lowest BCUT2D eigenvalue weighted by atomic mass is 9.55. The Hall–Kier alpha value is -1.07. The molecule has 3 unspecified atom stereocenters. The normalized spacial score (nSPS) is 36.2. The molecule has 7 heteroatoms. The first-order valence-corrected chi connectivity index (χ1v) is 10.9.